The molecule has 0 spiro atoms. The van der Waals surface area contributed by atoms with Crippen molar-refractivity contribution in [3.05, 3.63) is 87.6 Å². The summed E-state index contributed by atoms with van der Waals surface area (Å²) in [5.41, 5.74) is -0.0961. The van der Waals surface area contributed by atoms with E-state index in [-0.39, 0.29) is 40.9 Å². The highest BCUT2D eigenvalue weighted by atomic mass is 35.5. The number of alkyl halides is 3. The molecule has 2 aromatic carbocycles. The van der Waals surface area contributed by atoms with E-state index in [2.05, 4.69) is 27.3 Å². The van der Waals surface area contributed by atoms with Gasteiger partial charge in [-0.15, -0.1) is 5.10 Å². The van der Waals surface area contributed by atoms with E-state index in [0.717, 1.165) is 28.8 Å². The molecular formula is C28H26ClF3N6O3. The molecule has 0 fully saturated rings. The summed E-state index contributed by atoms with van der Waals surface area (Å²) in [7, 11) is 0. The van der Waals surface area contributed by atoms with E-state index >= 15 is 0 Å². The van der Waals surface area contributed by atoms with Crippen LogP contribution in [0.2, 0.25) is 5.02 Å². The quantitative estimate of drug-likeness (QED) is 0.258. The van der Waals surface area contributed by atoms with Gasteiger partial charge in [-0.05, 0) is 36.8 Å². The van der Waals surface area contributed by atoms with Crippen molar-refractivity contribution in [2.75, 3.05) is 10.6 Å². The second-order valence-corrected chi connectivity index (χ2v) is 9.79. The fourth-order valence-corrected chi connectivity index (χ4v) is 4.51. The molecule has 0 aliphatic carbocycles. The molecule has 0 saturated carbocycles. The van der Waals surface area contributed by atoms with Gasteiger partial charge in [0.15, 0.2) is 5.82 Å². The van der Waals surface area contributed by atoms with Gasteiger partial charge in [0.1, 0.15) is 6.54 Å². The van der Waals surface area contributed by atoms with Crippen LogP contribution < -0.4 is 16.2 Å². The van der Waals surface area contributed by atoms with E-state index in [4.69, 9.17) is 11.6 Å². The van der Waals surface area contributed by atoms with E-state index in [1.807, 2.05) is 13.8 Å². The van der Waals surface area contributed by atoms with Crippen molar-refractivity contribution in [3.63, 3.8) is 0 Å². The summed E-state index contributed by atoms with van der Waals surface area (Å²) in [6.45, 7) is 8.59. The van der Waals surface area contributed by atoms with Gasteiger partial charge in [-0.25, -0.2) is 0 Å². The van der Waals surface area contributed by atoms with Crippen molar-refractivity contribution < 1.29 is 22.8 Å². The van der Waals surface area contributed by atoms with Gasteiger partial charge < -0.3 is 15.2 Å². The van der Waals surface area contributed by atoms with Gasteiger partial charge >= 0.3 is 6.18 Å². The first-order chi connectivity index (χ1) is 19.3. The molecule has 2 heterocycles. The zero-order valence-electron chi connectivity index (χ0n) is 22.3. The van der Waals surface area contributed by atoms with Crippen molar-refractivity contribution in [2.45, 2.75) is 45.8 Å². The molecule has 4 rings (SSSR count). The SMILES string of the molecule is C=CC(=O)Nc1ccccc1-c1c(CC)n(CC(=O)Nc2ccc(C(F)(F)F)cc2Cl)c2nc(C(C)C)nn2c1=O. The first kappa shape index (κ1) is 29.5. The topological polar surface area (TPSA) is 110 Å². The average molecular weight is 587 g/mol. The fraction of sp³-hybridized carbons (Fsp3) is 0.250. The van der Waals surface area contributed by atoms with Crippen molar-refractivity contribution in [2.24, 2.45) is 0 Å². The minimum atomic E-state index is -4.59. The molecule has 0 saturated heterocycles. The number of rotatable bonds is 8. The fourth-order valence-electron chi connectivity index (χ4n) is 4.28. The lowest BCUT2D eigenvalue weighted by Crippen LogP contribution is -2.29. The summed E-state index contributed by atoms with van der Waals surface area (Å²) >= 11 is 6.04. The molecular weight excluding hydrogens is 561 g/mol. The number of fused-ring (bicyclic) bond motifs is 1. The number of carbonyl (C=O) groups excluding carboxylic acids is 2. The number of carbonyl (C=O) groups is 2. The number of amides is 2. The molecule has 0 unspecified atom stereocenters. The van der Waals surface area contributed by atoms with Gasteiger partial charge in [0.05, 0.1) is 21.8 Å². The van der Waals surface area contributed by atoms with Crippen LogP contribution in [0.5, 0.6) is 0 Å². The standard InChI is InChI=1S/C28H26ClF3N6O3/c1-5-21-24(17-9-7-8-10-19(17)33-22(39)6-2)26(41)38-27(35-25(36-38)15(3)4)37(21)14-23(40)34-20-12-11-16(13-18(20)29)28(30,31)32/h6-13,15H,2,5,14H2,1,3-4H3,(H,33,39)(H,34,40). The Morgan fingerprint density at radius 1 is 1.12 bits per heavy atom. The molecule has 214 valence electrons. The van der Waals surface area contributed by atoms with Crippen LogP contribution in [0.25, 0.3) is 16.9 Å². The van der Waals surface area contributed by atoms with Gasteiger partial charge in [-0.3, -0.25) is 14.4 Å². The summed E-state index contributed by atoms with van der Waals surface area (Å²) in [6.07, 6.45) is -3.21. The van der Waals surface area contributed by atoms with Crippen LogP contribution in [0.1, 0.15) is 43.8 Å². The van der Waals surface area contributed by atoms with Crippen LogP contribution in [0, 0.1) is 0 Å². The van der Waals surface area contributed by atoms with Crippen LogP contribution in [-0.2, 0) is 28.7 Å². The molecule has 4 aromatic rings. The van der Waals surface area contributed by atoms with Crippen LogP contribution in [0.3, 0.4) is 0 Å². The van der Waals surface area contributed by atoms with E-state index in [1.54, 1.807) is 31.2 Å². The Bertz CT molecular complexity index is 1730. The zero-order valence-corrected chi connectivity index (χ0v) is 23.1. The highest BCUT2D eigenvalue weighted by Gasteiger charge is 2.31. The highest BCUT2D eigenvalue weighted by molar-refractivity contribution is 6.33. The Balaban J connectivity index is 1.87. The largest absolute Gasteiger partial charge is 0.416 e. The molecule has 0 atom stereocenters. The van der Waals surface area contributed by atoms with Crippen LogP contribution >= 0.6 is 11.6 Å². The molecule has 2 amide bonds. The summed E-state index contributed by atoms with van der Waals surface area (Å²) < 4.78 is 41.8. The van der Waals surface area contributed by atoms with E-state index in [9.17, 15) is 27.6 Å². The Kier molecular flexibility index (Phi) is 8.34. The Morgan fingerprint density at radius 2 is 1.83 bits per heavy atom. The maximum Gasteiger partial charge on any atom is 0.416 e. The smallest absolute Gasteiger partial charge is 0.323 e. The zero-order chi connectivity index (χ0) is 30.1. The lowest BCUT2D eigenvalue weighted by molar-refractivity contribution is -0.137. The molecule has 2 aromatic heterocycles. The number of anilines is 2. The van der Waals surface area contributed by atoms with E-state index in [0.29, 0.717) is 22.8 Å². The van der Waals surface area contributed by atoms with Gasteiger partial charge in [0.25, 0.3) is 5.56 Å². The van der Waals surface area contributed by atoms with Gasteiger partial charge in [-0.2, -0.15) is 22.7 Å². The monoisotopic (exact) mass is 586 g/mol. The van der Waals surface area contributed by atoms with E-state index in [1.165, 1.54) is 4.57 Å². The Labute approximate surface area is 237 Å². The Morgan fingerprint density at radius 3 is 2.44 bits per heavy atom. The number of nitrogens with zero attached hydrogens (tertiary/aromatic N) is 4. The molecule has 0 aliphatic rings. The number of aromatic nitrogens is 4. The number of nitrogens with one attached hydrogen (secondary N) is 2. The minimum absolute atomic E-state index is 0.0122. The molecule has 0 bridgehead atoms. The number of halogens is 4. The summed E-state index contributed by atoms with van der Waals surface area (Å²) in [6, 6.07) is 9.30. The third-order valence-corrected chi connectivity index (χ3v) is 6.54. The lowest BCUT2D eigenvalue weighted by atomic mass is 10.0. The first-order valence-corrected chi connectivity index (χ1v) is 12.9. The molecule has 13 heteroatoms. The van der Waals surface area contributed by atoms with Crippen LogP contribution in [0.15, 0.2) is 59.9 Å². The lowest BCUT2D eigenvalue weighted by Gasteiger charge is -2.19. The summed E-state index contributed by atoms with van der Waals surface area (Å²) in [5.74, 6) is -0.766. The first-order valence-electron chi connectivity index (χ1n) is 12.6. The molecule has 41 heavy (non-hydrogen) atoms. The van der Waals surface area contributed by atoms with Crippen molar-refractivity contribution in [1.29, 1.82) is 0 Å². The molecule has 2 N–H and O–H groups in total. The van der Waals surface area contributed by atoms with Crippen molar-refractivity contribution in [1.82, 2.24) is 19.2 Å². The third-order valence-electron chi connectivity index (χ3n) is 6.23. The summed E-state index contributed by atoms with van der Waals surface area (Å²) in [4.78, 5) is 43.7. The third kappa shape index (κ3) is 6.02. The van der Waals surface area contributed by atoms with Crippen molar-refractivity contribution >= 4 is 40.6 Å². The number of benzene rings is 2. The number of para-hydroxylation sites is 1. The highest BCUT2D eigenvalue weighted by Crippen LogP contribution is 2.34. The van der Waals surface area contributed by atoms with Crippen LogP contribution in [-0.4, -0.2) is 31.0 Å². The second-order valence-electron chi connectivity index (χ2n) is 9.38. The number of hydrogen-bond donors (Lipinski definition) is 2. The minimum Gasteiger partial charge on any atom is -0.323 e. The number of hydrogen-bond acceptors (Lipinski definition) is 5. The van der Waals surface area contributed by atoms with E-state index < -0.39 is 29.1 Å². The van der Waals surface area contributed by atoms with Crippen LogP contribution in [0.4, 0.5) is 24.5 Å². The molecule has 9 nitrogen and oxygen atoms in total. The van der Waals surface area contributed by atoms with Crippen molar-refractivity contribution in [3.8, 4) is 11.1 Å². The summed E-state index contributed by atoms with van der Waals surface area (Å²) in [5, 5.41) is 9.34. The molecule has 0 radical (unpaired) electrons. The Hall–Kier alpha value is -4.45. The maximum atomic E-state index is 13.8. The van der Waals surface area contributed by atoms with Gasteiger partial charge in [0, 0.05) is 22.9 Å². The van der Waals surface area contributed by atoms with Gasteiger partial charge in [0.2, 0.25) is 17.6 Å². The predicted molar refractivity (Wildman–Crippen MR) is 150 cm³/mol. The maximum absolute atomic E-state index is 13.8. The van der Waals surface area contributed by atoms with Gasteiger partial charge in [-0.1, -0.05) is 57.2 Å². The second kappa shape index (κ2) is 11.6. The normalized spacial score (nSPS) is 11.6. The molecule has 0 aliphatic heterocycles. The predicted octanol–water partition coefficient (Wildman–Crippen LogP) is 5.68. The average Bonchev–Trinajstić information content (AvgIpc) is 3.37.